The third-order valence-electron chi connectivity index (χ3n) is 2.18. The summed E-state index contributed by atoms with van der Waals surface area (Å²) in [6.07, 6.45) is 3.54. The molecule has 0 aromatic heterocycles. The van der Waals surface area contributed by atoms with Gasteiger partial charge in [-0.1, -0.05) is 48.1 Å². The fraction of sp³-hybridized carbons (Fsp3) is 0.571. The van der Waals surface area contributed by atoms with Crippen molar-refractivity contribution in [3.05, 3.63) is 39.9 Å². The maximum atomic E-state index is 10.2. The topological polar surface area (TPSA) is 69.2 Å². The van der Waals surface area contributed by atoms with Gasteiger partial charge in [-0.2, -0.15) is 5.84 Å². The first-order valence-corrected chi connectivity index (χ1v) is 7.52. The summed E-state index contributed by atoms with van der Waals surface area (Å²) in [4.78, 5) is 9.76. The van der Waals surface area contributed by atoms with Crippen molar-refractivity contribution in [3.8, 4) is 0 Å². The number of unbranched alkanes of at least 4 members (excludes halogenated alkanes) is 1. The molecule has 5 nitrogen and oxygen atoms in total. The van der Waals surface area contributed by atoms with Crippen molar-refractivity contribution in [2.75, 3.05) is 20.4 Å². The minimum atomic E-state index is -0.396. The van der Waals surface area contributed by atoms with Crippen LogP contribution in [0.5, 0.6) is 0 Å². The van der Waals surface area contributed by atoms with Crippen LogP contribution in [-0.2, 0) is 0 Å². The number of hydrogen-bond donors (Lipinski definition) is 1. The molecule has 20 heavy (non-hydrogen) atoms. The first kappa shape index (κ1) is 21.3. The second kappa shape index (κ2) is 11.8. The molecule has 0 aliphatic rings. The zero-order valence-electron chi connectivity index (χ0n) is 13.3. The molecule has 6 heteroatoms. The highest BCUT2D eigenvalue weighted by Gasteiger charge is 2.01. The second-order valence-corrected chi connectivity index (χ2v) is 5.42. The Morgan fingerprint density at radius 3 is 1.95 bits per heavy atom. The van der Waals surface area contributed by atoms with E-state index in [-0.39, 0.29) is 5.69 Å². The van der Waals surface area contributed by atoms with Crippen LogP contribution in [0.1, 0.15) is 32.3 Å². The van der Waals surface area contributed by atoms with Crippen LogP contribution < -0.4 is 5.84 Å². The molecule has 0 radical (unpaired) electrons. The Morgan fingerprint density at radius 1 is 1.30 bits per heavy atom. The van der Waals surface area contributed by atoms with Crippen LogP contribution in [0.3, 0.4) is 0 Å². The van der Waals surface area contributed by atoms with E-state index in [0.29, 0.717) is 4.59 Å². The molecule has 0 spiro atoms. The number of rotatable bonds is 3. The summed E-state index contributed by atoms with van der Waals surface area (Å²) in [5, 5.41) is 10.2. The number of nitro benzene ring substituents is 1. The number of nitro groups is 1. The molecule has 0 saturated carbocycles. The molecule has 1 aromatic carbocycles. The summed E-state index contributed by atoms with van der Waals surface area (Å²) in [5.74, 6) is 5.45. The lowest BCUT2D eigenvalue weighted by molar-refractivity contribution is -0.890. The van der Waals surface area contributed by atoms with E-state index in [9.17, 15) is 10.1 Å². The van der Waals surface area contributed by atoms with Crippen LogP contribution in [-0.4, -0.2) is 29.9 Å². The Balaban J connectivity index is 0. The van der Waals surface area contributed by atoms with Crippen LogP contribution in [0.25, 0.3) is 0 Å². The number of aryl methyl sites for hydroxylation is 1. The van der Waals surface area contributed by atoms with Gasteiger partial charge >= 0.3 is 0 Å². The van der Waals surface area contributed by atoms with Crippen molar-refractivity contribution in [2.24, 2.45) is 5.84 Å². The Kier molecular flexibility index (Phi) is 12.5. The van der Waals surface area contributed by atoms with Gasteiger partial charge in [-0.05, 0) is 12.5 Å². The Morgan fingerprint density at radius 2 is 1.75 bits per heavy atom. The highest BCUT2D eigenvalue weighted by atomic mass is 31.0. The van der Waals surface area contributed by atoms with Crippen LogP contribution >= 0.6 is 9.24 Å². The molecule has 1 rings (SSSR count). The minimum absolute atomic E-state index is 0.153. The van der Waals surface area contributed by atoms with Crippen molar-refractivity contribution in [1.82, 2.24) is 0 Å². The van der Waals surface area contributed by atoms with Crippen molar-refractivity contribution >= 4 is 14.9 Å². The standard InChI is InChI=1S/C7H7NO2.C4H10.C3H12N2P/c1-6-3-2-4-7(5-6)8(9)10;1-3-4-2;1-5(2,4)3-6/h2-5H,1H3;3-4H2,1-2H3;3-4,6H2,1-2H3/q;;+1. The maximum Gasteiger partial charge on any atom is 0.269 e. The van der Waals surface area contributed by atoms with Gasteiger partial charge in [0.05, 0.1) is 19.0 Å². The zero-order valence-corrected chi connectivity index (χ0v) is 14.5. The van der Waals surface area contributed by atoms with E-state index >= 15 is 0 Å². The largest absolute Gasteiger partial charge is 0.269 e. The number of hydrogen-bond acceptors (Lipinski definition) is 3. The van der Waals surface area contributed by atoms with Crippen molar-refractivity contribution in [1.29, 1.82) is 0 Å². The first-order chi connectivity index (χ1) is 9.17. The van der Waals surface area contributed by atoms with Crippen LogP contribution in [0.4, 0.5) is 5.69 Å². The number of nitrogens with two attached hydrogens (primary N) is 1. The summed E-state index contributed by atoms with van der Waals surface area (Å²) in [5.41, 5.74) is 1.06. The molecule has 0 fully saturated rings. The number of benzene rings is 1. The summed E-state index contributed by atoms with van der Waals surface area (Å²) in [6, 6.07) is 6.52. The number of quaternary nitrogens is 1. The van der Waals surface area contributed by atoms with Gasteiger partial charge in [-0.15, -0.1) is 0 Å². The molecule has 0 bridgehead atoms. The van der Waals surface area contributed by atoms with E-state index < -0.39 is 4.92 Å². The van der Waals surface area contributed by atoms with Crippen LogP contribution in [0.2, 0.25) is 0 Å². The quantitative estimate of drug-likeness (QED) is 0.305. The fourth-order valence-corrected chi connectivity index (χ4v) is 0.742. The molecule has 1 unspecified atom stereocenters. The molecule has 116 valence electrons. The predicted octanol–water partition coefficient (Wildman–Crippen LogP) is 3.48. The van der Waals surface area contributed by atoms with Gasteiger partial charge in [0.2, 0.25) is 0 Å². The monoisotopic (exact) mass is 302 g/mol. The summed E-state index contributed by atoms with van der Waals surface area (Å²) >= 11 is 0. The minimum Gasteiger partial charge on any atom is -0.258 e. The second-order valence-electron chi connectivity index (χ2n) is 5.06. The number of non-ortho nitro benzene ring substituents is 1. The average Bonchev–Trinajstić information content (AvgIpc) is 2.39. The highest BCUT2D eigenvalue weighted by Crippen LogP contribution is 2.11. The average molecular weight is 302 g/mol. The Bertz CT molecular complexity index is 377. The van der Waals surface area contributed by atoms with Gasteiger partial charge in [0, 0.05) is 12.1 Å². The van der Waals surface area contributed by atoms with Crippen molar-refractivity contribution in [2.45, 2.75) is 33.6 Å². The molecule has 0 amide bonds. The van der Waals surface area contributed by atoms with Crippen molar-refractivity contribution < 1.29 is 9.52 Å². The molecule has 0 saturated heterocycles. The van der Waals surface area contributed by atoms with Gasteiger partial charge in [0.1, 0.15) is 6.29 Å². The smallest absolute Gasteiger partial charge is 0.258 e. The van der Waals surface area contributed by atoms with Crippen LogP contribution in [0.15, 0.2) is 24.3 Å². The summed E-state index contributed by atoms with van der Waals surface area (Å²) < 4.78 is 0.532. The van der Waals surface area contributed by atoms with E-state index in [1.807, 2.05) is 27.1 Å². The summed E-state index contributed by atoms with van der Waals surface area (Å²) in [6.45, 7) is 6.19. The SMILES string of the molecule is CCCC.C[N+](C)(N)CP.Cc1cccc([N+](=O)[O-])c1. The van der Waals surface area contributed by atoms with Gasteiger partial charge in [0.15, 0.2) is 0 Å². The lowest BCUT2D eigenvalue weighted by atomic mass is 10.2. The molecule has 1 atom stereocenters. The predicted molar refractivity (Wildman–Crippen MR) is 89.3 cm³/mol. The lowest BCUT2D eigenvalue weighted by Gasteiger charge is -2.18. The lowest BCUT2D eigenvalue weighted by Crippen LogP contribution is -2.45. The van der Waals surface area contributed by atoms with Crippen molar-refractivity contribution in [3.63, 3.8) is 0 Å². The maximum absolute atomic E-state index is 10.2. The van der Waals surface area contributed by atoms with E-state index in [0.717, 1.165) is 11.8 Å². The van der Waals surface area contributed by atoms with Crippen LogP contribution in [0, 0.1) is 17.0 Å². The molecule has 1 aromatic rings. The first-order valence-electron chi connectivity index (χ1n) is 6.70. The molecule has 2 N–H and O–H groups in total. The third kappa shape index (κ3) is 15.0. The Hall–Kier alpha value is -1.03. The number of nitrogens with zero attached hydrogens (tertiary/aromatic N) is 2. The van der Waals surface area contributed by atoms with E-state index in [4.69, 9.17) is 5.84 Å². The normalized spacial score (nSPS) is 9.75. The summed E-state index contributed by atoms with van der Waals surface area (Å²) in [7, 11) is 6.45. The molecule has 0 heterocycles. The Labute approximate surface area is 125 Å². The van der Waals surface area contributed by atoms with Gasteiger partial charge in [0.25, 0.3) is 5.69 Å². The highest BCUT2D eigenvalue weighted by molar-refractivity contribution is 7.16. The fourth-order valence-electron chi connectivity index (χ4n) is 0.742. The van der Waals surface area contributed by atoms with Gasteiger partial charge in [-0.25, -0.2) is 0 Å². The van der Waals surface area contributed by atoms with E-state index in [2.05, 4.69) is 23.1 Å². The third-order valence-corrected chi connectivity index (χ3v) is 3.12. The van der Waals surface area contributed by atoms with E-state index in [1.54, 1.807) is 12.1 Å². The molecule has 0 aliphatic carbocycles. The molecular formula is C14H29N3O2P+. The molecule has 0 aliphatic heterocycles. The van der Waals surface area contributed by atoms with Gasteiger partial charge in [-0.3, -0.25) is 14.7 Å². The van der Waals surface area contributed by atoms with E-state index in [1.165, 1.54) is 18.9 Å². The molecular weight excluding hydrogens is 273 g/mol. The zero-order chi connectivity index (χ0) is 16.2. The van der Waals surface area contributed by atoms with Gasteiger partial charge < -0.3 is 0 Å².